The summed E-state index contributed by atoms with van der Waals surface area (Å²) in [5.74, 6) is -0.756. The van der Waals surface area contributed by atoms with Crippen LogP contribution in [0.25, 0.3) is 0 Å². The minimum Gasteiger partial charge on any atom is -0.348 e. The molecule has 1 N–H and O–H groups in total. The fourth-order valence-electron chi connectivity index (χ4n) is 1.70. The van der Waals surface area contributed by atoms with Crippen molar-refractivity contribution in [2.24, 2.45) is 0 Å². The Labute approximate surface area is 86.3 Å². The molecule has 1 saturated heterocycles. The van der Waals surface area contributed by atoms with Gasteiger partial charge in [0.05, 0.1) is 12.5 Å². The molecule has 0 bridgehead atoms. The Morgan fingerprint density at radius 3 is 2.80 bits per heavy atom. The van der Waals surface area contributed by atoms with E-state index < -0.39 is 0 Å². The number of benzene rings is 1. The first-order chi connectivity index (χ1) is 7.15. The second-order valence-electron chi connectivity index (χ2n) is 3.59. The highest BCUT2D eigenvalue weighted by Crippen LogP contribution is 2.21. The van der Waals surface area contributed by atoms with E-state index in [1.165, 1.54) is 12.1 Å². The van der Waals surface area contributed by atoms with Crippen LogP contribution in [0.2, 0.25) is 0 Å². The molecule has 0 aliphatic carbocycles. The standard InChI is InChI=1S/C11H10FNO2/c12-8-3-1-2-7(4-8)10-5-9(14)6-11(15)13-10/h1-4,10H,5-6H2,(H,13,15). The number of piperidine rings is 1. The van der Waals surface area contributed by atoms with E-state index in [0.717, 1.165) is 0 Å². The van der Waals surface area contributed by atoms with Gasteiger partial charge in [0.2, 0.25) is 5.91 Å². The van der Waals surface area contributed by atoms with Gasteiger partial charge in [-0.1, -0.05) is 12.1 Å². The molecule has 1 aromatic rings. The van der Waals surface area contributed by atoms with Crippen LogP contribution in [-0.4, -0.2) is 11.7 Å². The fraction of sp³-hybridized carbons (Fsp3) is 0.273. The quantitative estimate of drug-likeness (QED) is 0.706. The Balaban J connectivity index is 2.23. The summed E-state index contributed by atoms with van der Waals surface area (Å²) in [6, 6.07) is 5.55. The molecule has 1 fully saturated rings. The van der Waals surface area contributed by atoms with E-state index in [0.29, 0.717) is 5.56 Å². The normalized spacial score (nSPS) is 21.3. The molecule has 1 heterocycles. The summed E-state index contributed by atoms with van der Waals surface area (Å²) in [4.78, 5) is 22.3. The van der Waals surface area contributed by atoms with Gasteiger partial charge in [0.1, 0.15) is 11.6 Å². The molecular formula is C11H10FNO2. The molecule has 1 aliphatic rings. The van der Waals surface area contributed by atoms with Gasteiger partial charge < -0.3 is 5.32 Å². The molecule has 2 rings (SSSR count). The highest BCUT2D eigenvalue weighted by atomic mass is 19.1. The SMILES string of the molecule is O=C1CC(=O)NC(c2cccc(F)c2)C1. The zero-order valence-electron chi connectivity index (χ0n) is 8.00. The Kier molecular flexibility index (Phi) is 2.49. The van der Waals surface area contributed by atoms with Gasteiger partial charge in [0, 0.05) is 6.42 Å². The lowest BCUT2D eigenvalue weighted by Crippen LogP contribution is -2.36. The third kappa shape index (κ3) is 2.21. The van der Waals surface area contributed by atoms with Gasteiger partial charge in [-0.15, -0.1) is 0 Å². The van der Waals surface area contributed by atoms with E-state index >= 15 is 0 Å². The van der Waals surface area contributed by atoms with Crippen LogP contribution in [0.1, 0.15) is 24.4 Å². The van der Waals surface area contributed by atoms with Gasteiger partial charge in [-0.05, 0) is 17.7 Å². The van der Waals surface area contributed by atoms with Crippen LogP contribution >= 0.6 is 0 Å². The molecule has 1 unspecified atom stereocenters. The maximum absolute atomic E-state index is 12.9. The molecule has 3 nitrogen and oxygen atoms in total. The van der Waals surface area contributed by atoms with E-state index in [4.69, 9.17) is 0 Å². The summed E-state index contributed by atoms with van der Waals surface area (Å²) in [5.41, 5.74) is 0.636. The third-order valence-corrected chi connectivity index (χ3v) is 2.38. The monoisotopic (exact) mass is 207 g/mol. The van der Waals surface area contributed by atoms with Gasteiger partial charge in [0.25, 0.3) is 0 Å². The zero-order chi connectivity index (χ0) is 10.8. The summed E-state index contributed by atoms with van der Waals surface area (Å²) in [5, 5.41) is 2.66. The Bertz CT molecular complexity index is 401. The van der Waals surface area contributed by atoms with Crippen LogP contribution in [0, 0.1) is 5.82 Å². The molecule has 78 valence electrons. The van der Waals surface area contributed by atoms with E-state index in [1.807, 2.05) is 0 Å². The third-order valence-electron chi connectivity index (χ3n) is 2.38. The molecule has 0 spiro atoms. The number of Topliss-reactive ketones (excluding diaryl/α,β-unsaturated/α-hetero) is 1. The molecule has 1 amide bonds. The molecule has 1 aliphatic heterocycles. The minimum atomic E-state index is -0.380. The number of ketones is 1. The molecular weight excluding hydrogens is 197 g/mol. The van der Waals surface area contributed by atoms with Crippen molar-refractivity contribution in [2.75, 3.05) is 0 Å². The molecule has 1 atom stereocenters. The lowest BCUT2D eigenvalue weighted by molar-refractivity contribution is -0.132. The number of halogens is 1. The topological polar surface area (TPSA) is 46.2 Å². The highest BCUT2D eigenvalue weighted by molar-refractivity contribution is 6.00. The van der Waals surface area contributed by atoms with Gasteiger partial charge in [-0.25, -0.2) is 4.39 Å². The number of hydrogen-bond acceptors (Lipinski definition) is 2. The van der Waals surface area contributed by atoms with Crippen LogP contribution in [-0.2, 0) is 9.59 Å². The Morgan fingerprint density at radius 2 is 2.13 bits per heavy atom. The fourth-order valence-corrected chi connectivity index (χ4v) is 1.70. The first-order valence-electron chi connectivity index (χ1n) is 4.71. The van der Waals surface area contributed by atoms with Gasteiger partial charge in [0.15, 0.2) is 0 Å². The lowest BCUT2D eigenvalue weighted by atomic mass is 9.96. The van der Waals surface area contributed by atoms with E-state index in [9.17, 15) is 14.0 Å². The maximum atomic E-state index is 12.9. The summed E-state index contributed by atoms with van der Waals surface area (Å²) in [6.45, 7) is 0. The smallest absolute Gasteiger partial charge is 0.227 e. The van der Waals surface area contributed by atoms with Crippen LogP contribution in [0.15, 0.2) is 24.3 Å². The molecule has 1 aromatic carbocycles. The van der Waals surface area contributed by atoms with Gasteiger partial charge >= 0.3 is 0 Å². The number of nitrogens with one attached hydrogen (secondary N) is 1. The molecule has 0 radical (unpaired) electrons. The second kappa shape index (κ2) is 3.81. The van der Waals surface area contributed by atoms with Crippen molar-refractivity contribution >= 4 is 11.7 Å². The van der Waals surface area contributed by atoms with Crippen molar-refractivity contribution in [3.63, 3.8) is 0 Å². The second-order valence-corrected chi connectivity index (χ2v) is 3.59. The number of amides is 1. The van der Waals surface area contributed by atoms with Gasteiger partial charge in [-0.2, -0.15) is 0 Å². The molecule has 4 heteroatoms. The molecule has 0 saturated carbocycles. The first-order valence-corrected chi connectivity index (χ1v) is 4.71. The Morgan fingerprint density at radius 1 is 1.33 bits per heavy atom. The lowest BCUT2D eigenvalue weighted by Gasteiger charge is -2.22. The average Bonchev–Trinajstić information content (AvgIpc) is 2.16. The van der Waals surface area contributed by atoms with Crippen LogP contribution in [0.3, 0.4) is 0 Å². The Hall–Kier alpha value is -1.71. The number of hydrogen-bond donors (Lipinski definition) is 1. The van der Waals surface area contributed by atoms with Crippen LogP contribution in [0.5, 0.6) is 0 Å². The summed E-state index contributed by atoms with van der Waals surface area (Å²) in [6.07, 6.45) is 0.182. The number of carbonyl (C=O) groups excluding carboxylic acids is 2. The van der Waals surface area contributed by atoms with Crippen molar-refractivity contribution in [1.29, 1.82) is 0 Å². The van der Waals surface area contributed by atoms with Crippen molar-refractivity contribution in [2.45, 2.75) is 18.9 Å². The average molecular weight is 207 g/mol. The number of rotatable bonds is 1. The highest BCUT2D eigenvalue weighted by Gasteiger charge is 2.25. The zero-order valence-corrected chi connectivity index (χ0v) is 8.00. The van der Waals surface area contributed by atoms with Crippen molar-refractivity contribution in [3.8, 4) is 0 Å². The maximum Gasteiger partial charge on any atom is 0.227 e. The van der Waals surface area contributed by atoms with Crippen molar-refractivity contribution < 1.29 is 14.0 Å². The first kappa shape index (κ1) is 9.83. The largest absolute Gasteiger partial charge is 0.348 e. The van der Waals surface area contributed by atoms with Crippen LogP contribution < -0.4 is 5.32 Å². The number of carbonyl (C=O) groups is 2. The minimum absolute atomic E-state index is 0.0637. The van der Waals surface area contributed by atoms with Gasteiger partial charge in [-0.3, -0.25) is 9.59 Å². The van der Waals surface area contributed by atoms with Crippen molar-refractivity contribution in [1.82, 2.24) is 5.32 Å². The summed E-state index contributed by atoms with van der Waals surface area (Å²) >= 11 is 0. The summed E-state index contributed by atoms with van der Waals surface area (Å²) < 4.78 is 12.9. The predicted octanol–water partition coefficient (Wildman–Crippen LogP) is 1.35. The predicted molar refractivity (Wildman–Crippen MR) is 51.5 cm³/mol. The summed E-state index contributed by atoms with van der Waals surface area (Å²) in [7, 11) is 0. The van der Waals surface area contributed by atoms with E-state index in [1.54, 1.807) is 12.1 Å². The van der Waals surface area contributed by atoms with Crippen LogP contribution in [0.4, 0.5) is 4.39 Å². The van der Waals surface area contributed by atoms with E-state index in [-0.39, 0.29) is 36.4 Å². The van der Waals surface area contributed by atoms with Crippen molar-refractivity contribution in [3.05, 3.63) is 35.6 Å². The molecule has 15 heavy (non-hydrogen) atoms. The molecule has 0 aromatic heterocycles. The van der Waals surface area contributed by atoms with E-state index in [2.05, 4.69) is 5.32 Å².